The minimum absolute atomic E-state index is 0.898. The van der Waals surface area contributed by atoms with Crippen LogP contribution in [-0.2, 0) is 0 Å². The van der Waals surface area contributed by atoms with Crippen molar-refractivity contribution in [3.63, 3.8) is 0 Å². The molecule has 1 heterocycles. The third kappa shape index (κ3) is 3.77. The van der Waals surface area contributed by atoms with E-state index in [0.29, 0.717) is 0 Å². The molecule has 13 heavy (non-hydrogen) atoms. The van der Waals surface area contributed by atoms with Crippen LogP contribution in [0.4, 0.5) is 0 Å². The zero-order valence-corrected chi connectivity index (χ0v) is 8.92. The largest absolute Gasteiger partial charge is 0.303 e. The molecule has 1 atom stereocenters. The molecule has 1 fully saturated rings. The molecule has 1 nitrogen and oxygen atoms in total. The molecule has 1 heteroatoms. The van der Waals surface area contributed by atoms with Crippen LogP contribution in [0, 0.1) is 5.92 Å². The molecule has 0 radical (unpaired) electrons. The minimum Gasteiger partial charge on any atom is -0.303 e. The van der Waals surface area contributed by atoms with E-state index in [1.165, 1.54) is 31.6 Å². The maximum absolute atomic E-state index is 4.01. The van der Waals surface area contributed by atoms with Gasteiger partial charge in [-0.05, 0) is 32.2 Å². The van der Waals surface area contributed by atoms with Gasteiger partial charge < -0.3 is 4.90 Å². The van der Waals surface area contributed by atoms with Gasteiger partial charge >= 0.3 is 0 Å². The molecular weight excluding hydrogens is 158 g/mol. The Morgan fingerprint density at radius 3 is 2.92 bits per heavy atom. The van der Waals surface area contributed by atoms with Gasteiger partial charge in [0.1, 0.15) is 0 Å². The van der Waals surface area contributed by atoms with E-state index < -0.39 is 0 Å². The fraction of sp³-hybridized carbons (Fsp3) is 0.667. The van der Waals surface area contributed by atoms with Crippen LogP contribution in [0.15, 0.2) is 24.3 Å². The molecule has 0 aliphatic carbocycles. The van der Waals surface area contributed by atoms with Crippen molar-refractivity contribution in [2.75, 3.05) is 19.6 Å². The average molecular weight is 179 g/mol. The van der Waals surface area contributed by atoms with Crippen LogP contribution >= 0.6 is 0 Å². The Morgan fingerprint density at radius 1 is 1.62 bits per heavy atom. The van der Waals surface area contributed by atoms with Gasteiger partial charge in [0.2, 0.25) is 0 Å². The molecule has 0 saturated carbocycles. The van der Waals surface area contributed by atoms with Crippen molar-refractivity contribution in [3.05, 3.63) is 24.3 Å². The Labute approximate surface area is 82.1 Å². The summed E-state index contributed by atoms with van der Waals surface area (Å²) in [6, 6.07) is 0. The molecule has 1 unspecified atom stereocenters. The molecular formula is C12H21N. The van der Waals surface area contributed by atoms with E-state index in [4.69, 9.17) is 0 Å². The predicted molar refractivity (Wildman–Crippen MR) is 58.8 cm³/mol. The highest BCUT2D eigenvalue weighted by atomic mass is 15.1. The van der Waals surface area contributed by atoms with E-state index in [2.05, 4.69) is 30.6 Å². The summed E-state index contributed by atoms with van der Waals surface area (Å²) in [5.41, 5.74) is 1.25. The highest BCUT2D eigenvalue weighted by molar-refractivity contribution is 5.13. The zero-order chi connectivity index (χ0) is 9.68. The molecule has 0 N–H and O–H groups in total. The first-order valence-corrected chi connectivity index (χ1v) is 5.25. The van der Waals surface area contributed by atoms with Crippen LogP contribution in [0.25, 0.3) is 0 Å². The van der Waals surface area contributed by atoms with Gasteiger partial charge in [0.25, 0.3) is 0 Å². The monoisotopic (exact) mass is 179 g/mol. The number of rotatable bonds is 4. The number of hydrogen-bond acceptors (Lipinski definition) is 1. The van der Waals surface area contributed by atoms with E-state index in [1.807, 2.05) is 6.92 Å². The normalized spacial score (nSPS) is 24.3. The van der Waals surface area contributed by atoms with Gasteiger partial charge in [0, 0.05) is 13.1 Å². The second kappa shape index (κ2) is 5.23. The number of nitrogens with zero attached hydrogens (tertiary/aromatic N) is 1. The Bertz CT molecular complexity index is 193. The molecule has 74 valence electrons. The maximum Gasteiger partial charge on any atom is 0.00217 e. The Kier molecular flexibility index (Phi) is 4.23. The van der Waals surface area contributed by atoms with E-state index in [1.54, 1.807) is 0 Å². The highest BCUT2D eigenvalue weighted by Crippen LogP contribution is 2.15. The summed E-state index contributed by atoms with van der Waals surface area (Å²) < 4.78 is 0. The number of allylic oxidation sites excluding steroid dienone is 2. The molecule has 1 saturated heterocycles. The lowest BCUT2D eigenvalue weighted by Gasteiger charge is -2.14. The first-order valence-electron chi connectivity index (χ1n) is 5.25. The molecule has 0 bridgehead atoms. The van der Waals surface area contributed by atoms with Crippen molar-refractivity contribution in [1.29, 1.82) is 0 Å². The minimum atomic E-state index is 0.898. The van der Waals surface area contributed by atoms with E-state index in [9.17, 15) is 0 Å². The van der Waals surface area contributed by atoms with Crippen molar-refractivity contribution < 1.29 is 0 Å². The van der Waals surface area contributed by atoms with Crippen LogP contribution in [0.1, 0.15) is 26.7 Å². The van der Waals surface area contributed by atoms with E-state index in [0.717, 1.165) is 12.3 Å². The molecule has 1 rings (SSSR count). The quantitative estimate of drug-likeness (QED) is 0.600. The van der Waals surface area contributed by atoms with Gasteiger partial charge in [-0.25, -0.2) is 0 Å². The van der Waals surface area contributed by atoms with Gasteiger partial charge in [-0.2, -0.15) is 0 Å². The summed E-state index contributed by atoms with van der Waals surface area (Å²) >= 11 is 0. The average Bonchev–Trinajstić information content (AvgIpc) is 2.49. The van der Waals surface area contributed by atoms with Crippen molar-refractivity contribution in [3.8, 4) is 0 Å². The molecule has 0 spiro atoms. The van der Waals surface area contributed by atoms with Gasteiger partial charge in [0.15, 0.2) is 0 Å². The third-order valence-electron chi connectivity index (χ3n) is 2.66. The Balaban J connectivity index is 2.16. The van der Waals surface area contributed by atoms with Crippen LogP contribution < -0.4 is 0 Å². The van der Waals surface area contributed by atoms with Crippen molar-refractivity contribution in [1.82, 2.24) is 4.90 Å². The Morgan fingerprint density at radius 2 is 2.38 bits per heavy atom. The number of hydrogen-bond donors (Lipinski definition) is 0. The van der Waals surface area contributed by atoms with Crippen molar-refractivity contribution >= 4 is 0 Å². The maximum atomic E-state index is 4.01. The first kappa shape index (κ1) is 10.5. The third-order valence-corrected chi connectivity index (χ3v) is 2.66. The van der Waals surface area contributed by atoms with Gasteiger partial charge in [-0.3, -0.25) is 0 Å². The van der Waals surface area contributed by atoms with Crippen molar-refractivity contribution in [2.45, 2.75) is 26.7 Å². The summed E-state index contributed by atoms with van der Waals surface area (Å²) in [6.45, 7) is 12.1. The van der Waals surface area contributed by atoms with Crippen LogP contribution in [-0.4, -0.2) is 24.5 Å². The lowest BCUT2D eigenvalue weighted by atomic mass is 10.2. The van der Waals surface area contributed by atoms with Crippen LogP contribution in [0.2, 0.25) is 0 Å². The molecule has 0 aromatic heterocycles. The molecule has 0 amide bonds. The zero-order valence-electron chi connectivity index (χ0n) is 8.92. The first-order chi connectivity index (χ1) is 6.22. The molecule has 0 aromatic carbocycles. The van der Waals surface area contributed by atoms with E-state index >= 15 is 0 Å². The molecule has 1 aliphatic rings. The standard InChI is InChI=1S/C12H21N/c1-4-5-11(2)6-8-13-9-7-12(3)10-13/h4-5,12H,2,6-10H2,1,3H3/b5-4-. The summed E-state index contributed by atoms with van der Waals surface area (Å²) in [5, 5.41) is 0. The second-order valence-electron chi connectivity index (χ2n) is 4.10. The summed E-state index contributed by atoms with van der Waals surface area (Å²) in [4.78, 5) is 2.54. The SMILES string of the molecule is C=C(/C=C\C)CCN1CCC(C)C1. The lowest BCUT2D eigenvalue weighted by molar-refractivity contribution is 0.333. The smallest absolute Gasteiger partial charge is 0.00217 e. The summed E-state index contributed by atoms with van der Waals surface area (Å²) in [7, 11) is 0. The molecule has 0 aromatic rings. The lowest BCUT2D eigenvalue weighted by Crippen LogP contribution is -2.21. The summed E-state index contributed by atoms with van der Waals surface area (Å²) in [5.74, 6) is 0.898. The topological polar surface area (TPSA) is 3.24 Å². The van der Waals surface area contributed by atoms with Gasteiger partial charge in [-0.15, -0.1) is 0 Å². The van der Waals surface area contributed by atoms with Crippen molar-refractivity contribution in [2.24, 2.45) is 5.92 Å². The predicted octanol–water partition coefficient (Wildman–Crippen LogP) is 2.85. The second-order valence-corrected chi connectivity index (χ2v) is 4.10. The van der Waals surface area contributed by atoms with Gasteiger partial charge in [-0.1, -0.05) is 31.2 Å². The fourth-order valence-corrected chi connectivity index (χ4v) is 1.85. The highest BCUT2D eigenvalue weighted by Gasteiger charge is 2.17. The fourth-order valence-electron chi connectivity index (χ4n) is 1.85. The number of likely N-dealkylation sites (tertiary alicyclic amines) is 1. The summed E-state index contributed by atoms with van der Waals surface area (Å²) in [6.07, 6.45) is 6.67. The Hall–Kier alpha value is -0.560. The van der Waals surface area contributed by atoms with Gasteiger partial charge in [0.05, 0.1) is 0 Å². The van der Waals surface area contributed by atoms with Crippen LogP contribution in [0.3, 0.4) is 0 Å². The van der Waals surface area contributed by atoms with E-state index in [-0.39, 0.29) is 0 Å². The molecule has 1 aliphatic heterocycles. The van der Waals surface area contributed by atoms with Crippen LogP contribution in [0.5, 0.6) is 0 Å².